The minimum absolute atomic E-state index is 0.0392. The van der Waals surface area contributed by atoms with Crippen molar-refractivity contribution in [1.29, 1.82) is 0 Å². The number of hydrogen-bond donors (Lipinski definition) is 0. The minimum atomic E-state index is -0.643. The van der Waals surface area contributed by atoms with E-state index >= 15 is 0 Å². The number of Topliss-reactive ketones (excluding diaryl/α,β-unsaturated/α-hetero) is 1. The molecule has 0 N–H and O–H groups in total. The van der Waals surface area contributed by atoms with Crippen molar-refractivity contribution < 1.29 is 14.4 Å². The summed E-state index contributed by atoms with van der Waals surface area (Å²) < 4.78 is 0. The largest absolute Gasteiger partial charge is 0.295 e. The summed E-state index contributed by atoms with van der Waals surface area (Å²) in [4.78, 5) is 37.2. The molecule has 1 aromatic rings. The Balaban J connectivity index is 2.36. The van der Waals surface area contributed by atoms with E-state index in [-0.39, 0.29) is 29.9 Å². The van der Waals surface area contributed by atoms with Gasteiger partial charge in [0.1, 0.15) is 0 Å². The van der Waals surface area contributed by atoms with Gasteiger partial charge in [0.05, 0.1) is 11.1 Å². The Bertz CT molecular complexity index is 574. The Labute approximate surface area is 118 Å². The monoisotopic (exact) mass is 273 g/mol. The molecule has 2 rings (SSSR count). The Morgan fingerprint density at radius 1 is 1.20 bits per heavy atom. The van der Waals surface area contributed by atoms with E-state index in [1.54, 1.807) is 24.3 Å². The quantitative estimate of drug-likeness (QED) is 0.628. The summed E-state index contributed by atoms with van der Waals surface area (Å²) in [5.74, 6) is -0.280. The molecule has 1 aliphatic heterocycles. The molecule has 0 radical (unpaired) electrons. The number of rotatable bonds is 3. The van der Waals surface area contributed by atoms with Crippen LogP contribution in [0.1, 0.15) is 44.5 Å². The summed E-state index contributed by atoms with van der Waals surface area (Å²) in [7, 11) is 0. The average molecular weight is 273 g/mol. The van der Waals surface area contributed by atoms with Crippen molar-refractivity contribution in [2.24, 2.45) is 11.3 Å². The predicted molar refractivity (Wildman–Crippen MR) is 76.5 cm³/mol. The van der Waals surface area contributed by atoms with E-state index < -0.39 is 5.41 Å². The maximum absolute atomic E-state index is 12.5. The molecular weight excluding hydrogens is 254 g/mol. The molecule has 0 aromatic heterocycles. The van der Waals surface area contributed by atoms with Gasteiger partial charge >= 0.3 is 0 Å². The van der Waals surface area contributed by atoms with Crippen LogP contribution in [-0.2, 0) is 9.59 Å². The first-order chi connectivity index (χ1) is 9.27. The first kappa shape index (κ1) is 14.4. The van der Waals surface area contributed by atoms with Crippen LogP contribution >= 0.6 is 0 Å². The van der Waals surface area contributed by atoms with Crippen LogP contribution in [0.15, 0.2) is 24.3 Å². The third-order valence-electron chi connectivity index (χ3n) is 4.27. The van der Waals surface area contributed by atoms with Crippen LogP contribution in [0.2, 0.25) is 0 Å². The summed E-state index contributed by atoms with van der Waals surface area (Å²) in [6.45, 7) is 7.22. The minimum Gasteiger partial charge on any atom is -0.295 e. The lowest BCUT2D eigenvalue weighted by molar-refractivity contribution is -0.126. The van der Waals surface area contributed by atoms with Gasteiger partial charge in [-0.15, -0.1) is 0 Å². The van der Waals surface area contributed by atoms with Crippen LogP contribution in [0.5, 0.6) is 0 Å². The smallest absolute Gasteiger partial charge is 0.240 e. The van der Waals surface area contributed by atoms with Gasteiger partial charge in [-0.2, -0.15) is 0 Å². The zero-order valence-corrected chi connectivity index (χ0v) is 12.3. The molecule has 1 saturated heterocycles. The van der Waals surface area contributed by atoms with Gasteiger partial charge in [0, 0.05) is 12.0 Å². The number of amides is 2. The van der Waals surface area contributed by atoms with E-state index in [0.717, 1.165) is 0 Å². The second kappa shape index (κ2) is 4.85. The first-order valence-electron chi connectivity index (χ1n) is 6.76. The molecular formula is C16H19NO3. The van der Waals surface area contributed by atoms with Crippen LogP contribution in [0.4, 0.5) is 5.69 Å². The highest BCUT2D eigenvalue weighted by atomic mass is 16.2. The number of hydrogen-bond acceptors (Lipinski definition) is 3. The Morgan fingerprint density at radius 2 is 1.75 bits per heavy atom. The van der Waals surface area contributed by atoms with Gasteiger partial charge in [-0.05, 0) is 44.0 Å². The summed E-state index contributed by atoms with van der Waals surface area (Å²) >= 11 is 0. The molecule has 0 aliphatic carbocycles. The van der Waals surface area contributed by atoms with Gasteiger partial charge in [0.25, 0.3) is 0 Å². The Kier molecular flexibility index (Phi) is 3.50. The van der Waals surface area contributed by atoms with Gasteiger partial charge in [-0.25, -0.2) is 0 Å². The molecule has 0 bridgehead atoms. The molecule has 0 spiro atoms. The number of carbonyl (C=O) groups is 3. The van der Waals surface area contributed by atoms with E-state index in [0.29, 0.717) is 11.3 Å². The molecule has 2 amide bonds. The van der Waals surface area contributed by atoms with Gasteiger partial charge in [0.15, 0.2) is 5.78 Å². The van der Waals surface area contributed by atoms with Crippen LogP contribution in [0, 0.1) is 11.3 Å². The predicted octanol–water partition coefficient (Wildman–Crippen LogP) is 2.81. The average Bonchev–Trinajstić information content (AvgIpc) is 2.61. The molecule has 20 heavy (non-hydrogen) atoms. The van der Waals surface area contributed by atoms with Crippen LogP contribution in [-0.4, -0.2) is 17.6 Å². The van der Waals surface area contributed by atoms with Crippen LogP contribution < -0.4 is 4.90 Å². The number of ketones is 1. The first-order valence-corrected chi connectivity index (χ1v) is 6.76. The molecule has 1 aliphatic rings. The second-order valence-electron chi connectivity index (χ2n) is 5.89. The van der Waals surface area contributed by atoms with E-state index in [4.69, 9.17) is 0 Å². The van der Waals surface area contributed by atoms with E-state index in [2.05, 4.69) is 0 Å². The highest BCUT2D eigenvalue weighted by molar-refractivity contribution is 6.22. The van der Waals surface area contributed by atoms with Crippen LogP contribution in [0.3, 0.4) is 0 Å². The van der Waals surface area contributed by atoms with E-state index in [1.165, 1.54) is 11.8 Å². The van der Waals surface area contributed by atoms with Crippen molar-refractivity contribution in [1.82, 2.24) is 0 Å². The molecule has 4 nitrogen and oxygen atoms in total. The summed E-state index contributed by atoms with van der Waals surface area (Å²) in [5.41, 5.74) is 0.463. The third kappa shape index (κ3) is 2.15. The van der Waals surface area contributed by atoms with Crippen LogP contribution in [0.25, 0.3) is 0 Å². The summed E-state index contributed by atoms with van der Waals surface area (Å²) in [6, 6.07) is 6.59. The molecule has 1 heterocycles. The zero-order valence-electron chi connectivity index (χ0n) is 12.3. The van der Waals surface area contributed by atoms with Crippen molar-refractivity contribution in [3.05, 3.63) is 29.8 Å². The van der Waals surface area contributed by atoms with E-state index in [1.807, 2.05) is 20.8 Å². The molecule has 1 aromatic carbocycles. The molecule has 1 unspecified atom stereocenters. The van der Waals surface area contributed by atoms with E-state index in [9.17, 15) is 14.4 Å². The fourth-order valence-corrected chi connectivity index (χ4v) is 2.40. The lowest BCUT2D eigenvalue weighted by atomic mass is 9.78. The number of anilines is 1. The molecule has 1 fully saturated rings. The molecule has 4 heteroatoms. The Morgan fingerprint density at radius 3 is 2.15 bits per heavy atom. The summed E-state index contributed by atoms with van der Waals surface area (Å²) in [6.07, 6.45) is 0.234. The molecule has 0 saturated carbocycles. The van der Waals surface area contributed by atoms with Crippen molar-refractivity contribution >= 4 is 23.3 Å². The highest BCUT2D eigenvalue weighted by Gasteiger charge is 2.50. The maximum atomic E-state index is 12.5. The van der Waals surface area contributed by atoms with Gasteiger partial charge in [0.2, 0.25) is 11.8 Å². The third-order valence-corrected chi connectivity index (χ3v) is 4.27. The van der Waals surface area contributed by atoms with Crippen molar-refractivity contribution in [2.75, 3.05) is 4.90 Å². The topological polar surface area (TPSA) is 54.5 Å². The fourth-order valence-electron chi connectivity index (χ4n) is 2.40. The standard InChI is InChI=1S/C16H19NO3/c1-10(2)16(4)9-14(19)17(15(16)20)13-7-5-12(6-8-13)11(3)18/h5-8,10H,9H2,1-4H3. The number of imide groups is 1. The summed E-state index contributed by atoms with van der Waals surface area (Å²) in [5, 5.41) is 0. The highest BCUT2D eigenvalue weighted by Crippen LogP contribution is 2.41. The van der Waals surface area contributed by atoms with Crippen molar-refractivity contribution in [3.63, 3.8) is 0 Å². The molecule has 106 valence electrons. The number of nitrogens with zero attached hydrogens (tertiary/aromatic N) is 1. The van der Waals surface area contributed by atoms with Crippen molar-refractivity contribution in [3.8, 4) is 0 Å². The lowest BCUT2D eigenvalue weighted by Crippen LogP contribution is -2.36. The van der Waals surface area contributed by atoms with Crippen molar-refractivity contribution in [2.45, 2.75) is 34.1 Å². The Hall–Kier alpha value is -1.97. The second-order valence-corrected chi connectivity index (χ2v) is 5.89. The zero-order chi connectivity index (χ0) is 15.1. The number of carbonyl (C=O) groups excluding carboxylic acids is 3. The van der Waals surface area contributed by atoms with Gasteiger partial charge < -0.3 is 0 Å². The fraction of sp³-hybridized carbons (Fsp3) is 0.438. The normalized spacial score (nSPS) is 22.8. The van der Waals surface area contributed by atoms with Gasteiger partial charge in [-0.3, -0.25) is 19.3 Å². The lowest BCUT2D eigenvalue weighted by Gasteiger charge is -2.26. The van der Waals surface area contributed by atoms with Gasteiger partial charge in [-0.1, -0.05) is 13.8 Å². The maximum Gasteiger partial charge on any atom is 0.240 e. The SMILES string of the molecule is CC(=O)c1ccc(N2C(=O)CC(C)(C(C)C)C2=O)cc1. The number of benzene rings is 1. The molecule has 1 atom stereocenters.